The summed E-state index contributed by atoms with van der Waals surface area (Å²) in [5.41, 5.74) is 2.79. The number of hydrogen-bond donors (Lipinski definition) is 3. The number of amides is 1. The molecule has 0 fully saturated rings. The van der Waals surface area contributed by atoms with Crippen molar-refractivity contribution in [2.45, 2.75) is 13.5 Å². The van der Waals surface area contributed by atoms with Crippen LogP contribution in [0.3, 0.4) is 0 Å². The molecule has 1 amide bonds. The first kappa shape index (κ1) is 25.9. The van der Waals surface area contributed by atoms with E-state index < -0.39 is 11.7 Å². The molecule has 0 aliphatic heterocycles. The fourth-order valence-electron chi connectivity index (χ4n) is 3.68. The Morgan fingerprint density at radius 3 is 2.55 bits per heavy atom. The SMILES string of the molecule is COc1ccc(-c2ccc(CNC(=O)c3ncc(-c4nc(C)cc(Nc5c[nH]c(C#N)n5)n4)cc3F)cn2)cn1. The van der Waals surface area contributed by atoms with Crippen molar-refractivity contribution in [1.82, 2.24) is 40.2 Å². The largest absolute Gasteiger partial charge is 0.481 e. The van der Waals surface area contributed by atoms with Gasteiger partial charge in [0, 0.05) is 60.3 Å². The smallest absolute Gasteiger partial charge is 0.273 e. The number of methoxy groups -OCH3 is 1. The fourth-order valence-corrected chi connectivity index (χ4v) is 3.68. The van der Waals surface area contributed by atoms with Gasteiger partial charge < -0.3 is 20.4 Å². The molecule has 12 nitrogen and oxygen atoms in total. The van der Waals surface area contributed by atoms with Crippen molar-refractivity contribution in [3.63, 3.8) is 0 Å². The third-order valence-electron chi connectivity index (χ3n) is 5.63. The second-order valence-electron chi connectivity index (χ2n) is 8.47. The summed E-state index contributed by atoms with van der Waals surface area (Å²) in [6, 6.07) is 11.9. The second-order valence-corrected chi connectivity index (χ2v) is 8.47. The highest BCUT2D eigenvalue weighted by molar-refractivity contribution is 5.92. The molecule has 0 spiro atoms. The number of imidazole rings is 1. The normalized spacial score (nSPS) is 10.6. The molecule has 0 radical (unpaired) electrons. The maximum atomic E-state index is 14.9. The molecule has 0 aromatic carbocycles. The Kier molecular flexibility index (Phi) is 7.32. The number of nitrogens with one attached hydrogen (secondary N) is 3. The number of aromatic amines is 1. The zero-order chi connectivity index (χ0) is 28.1. The monoisotopic (exact) mass is 536 g/mol. The van der Waals surface area contributed by atoms with E-state index in [9.17, 15) is 9.18 Å². The minimum atomic E-state index is -0.818. The summed E-state index contributed by atoms with van der Waals surface area (Å²) in [5, 5.41) is 14.5. The third-order valence-corrected chi connectivity index (χ3v) is 5.63. The zero-order valence-electron chi connectivity index (χ0n) is 21.3. The summed E-state index contributed by atoms with van der Waals surface area (Å²) >= 11 is 0. The Labute approximate surface area is 227 Å². The van der Waals surface area contributed by atoms with Gasteiger partial charge in [0.1, 0.15) is 11.9 Å². The van der Waals surface area contributed by atoms with E-state index in [1.54, 1.807) is 44.6 Å². The van der Waals surface area contributed by atoms with Crippen LogP contribution >= 0.6 is 0 Å². The van der Waals surface area contributed by atoms with Gasteiger partial charge in [-0.2, -0.15) is 5.26 Å². The lowest BCUT2D eigenvalue weighted by atomic mass is 10.1. The van der Waals surface area contributed by atoms with Gasteiger partial charge in [0.25, 0.3) is 5.91 Å². The Morgan fingerprint density at radius 2 is 1.88 bits per heavy atom. The average molecular weight is 537 g/mol. The van der Waals surface area contributed by atoms with Crippen LogP contribution in [0, 0.1) is 24.1 Å². The van der Waals surface area contributed by atoms with Crippen molar-refractivity contribution >= 4 is 17.5 Å². The van der Waals surface area contributed by atoms with Crippen LogP contribution in [-0.2, 0) is 6.54 Å². The molecule has 13 heteroatoms. The predicted octanol–water partition coefficient (Wildman–Crippen LogP) is 3.72. The van der Waals surface area contributed by atoms with Gasteiger partial charge in [-0.3, -0.25) is 9.78 Å². The highest BCUT2D eigenvalue weighted by Gasteiger charge is 2.16. The molecular weight excluding hydrogens is 515 g/mol. The van der Waals surface area contributed by atoms with Crippen LogP contribution in [0.1, 0.15) is 27.6 Å². The van der Waals surface area contributed by atoms with E-state index in [1.807, 2.05) is 18.2 Å². The zero-order valence-corrected chi connectivity index (χ0v) is 21.3. The summed E-state index contributed by atoms with van der Waals surface area (Å²) in [4.78, 5) is 40.7. The summed E-state index contributed by atoms with van der Waals surface area (Å²) in [5.74, 6) is 0.144. The van der Waals surface area contributed by atoms with Gasteiger partial charge in [-0.05, 0) is 30.7 Å². The van der Waals surface area contributed by atoms with Gasteiger partial charge in [-0.15, -0.1) is 0 Å². The fraction of sp³-hybridized carbons (Fsp3) is 0.111. The number of rotatable bonds is 8. The summed E-state index contributed by atoms with van der Waals surface area (Å²) in [6.07, 6.45) is 6.13. The topological polar surface area (TPSA) is 167 Å². The predicted molar refractivity (Wildman–Crippen MR) is 142 cm³/mol. The molecule has 198 valence electrons. The van der Waals surface area contributed by atoms with E-state index in [2.05, 4.69) is 45.5 Å². The summed E-state index contributed by atoms with van der Waals surface area (Å²) < 4.78 is 20.0. The van der Waals surface area contributed by atoms with Crippen LogP contribution in [0.4, 0.5) is 16.0 Å². The summed E-state index contributed by atoms with van der Waals surface area (Å²) in [6.45, 7) is 1.88. The van der Waals surface area contributed by atoms with Crippen molar-refractivity contribution in [2.75, 3.05) is 12.4 Å². The van der Waals surface area contributed by atoms with Crippen LogP contribution < -0.4 is 15.4 Å². The molecule has 40 heavy (non-hydrogen) atoms. The van der Waals surface area contributed by atoms with Gasteiger partial charge in [0.2, 0.25) is 11.7 Å². The highest BCUT2D eigenvalue weighted by atomic mass is 19.1. The molecule has 0 saturated carbocycles. The van der Waals surface area contributed by atoms with Crippen molar-refractivity contribution in [3.8, 4) is 34.6 Å². The van der Waals surface area contributed by atoms with Crippen molar-refractivity contribution in [2.24, 2.45) is 0 Å². The molecule has 0 aliphatic carbocycles. The maximum Gasteiger partial charge on any atom is 0.273 e. The van der Waals surface area contributed by atoms with Gasteiger partial charge >= 0.3 is 0 Å². The standard InChI is InChI=1S/C27H21FN10O2/c1-15-7-21(36-23-14-31-22(9-29)37-23)38-26(35-15)18-8-19(28)25(33-13-18)27(39)34-11-16-3-5-20(30-10-16)17-4-6-24(40-2)32-12-17/h3-8,10,12-14H,11H2,1-2H3,(H,31,37)(H,34,39)(H,35,36,38). The Bertz CT molecular complexity index is 1710. The first-order chi connectivity index (χ1) is 19.4. The number of hydrogen-bond acceptors (Lipinski definition) is 10. The molecule has 0 saturated heterocycles. The van der Waals surface area contributed by atoms with Crippen LogP contribution in [0.2, 0.25) is 0 Å². The molecule has 3 N–H and O–H groups in total. The van der Waals surface area contributed by atoms with Gasteiger partial charge in [-0.1, -0.05) is 6.07 Å². The number of aryl methyl sites for hydroxylation is 1. The minimum absolute atomic E-state index is 0.132. The quantitative estimate of drug-likeness (QED) is 0.266. The number of anilines is 2. The number of H-pyrrole nitrogens is 1. The molecule has 5 heterocycles. The van der Waals surface area contributed by atoms with Crippen molar-refractivity contribution < 1.29 is 13.9 Å². The maximum absolute atomic E-state index is 14.9. The number of carbonyl (C=O) groups excluding carboxylic acids is 1. The molecule has 0 bridgehead atoms. The van der Waals surface area contributed by atoms with Gasteiger partial charge in [-0.25, -0.2) is 29.3 Å². The number of aromatic nitrogens is 7. The lowest BCUT2D eigenvalue weighted by Crippen LogP contribution is -2.25. The third kappa shape index (κ3) is 5.86. The van der Waals surface area contributed by atoms with Crippen LogP contribution in [0.25, 0.3) is 22.6 Å². The molecule has 0 unspecified atom stereocenters. The van der Waals surface area contributed by atoms with Gasteiger partial charge in [0.05, 0.1) is 12.8 Å². The Balaban J connectivity index is 1.25. The first-order valence-corrected chi connectivity index (χ1v) is 11.9. The lowest BCUT2D eigenvalue weighted by molar-refractivity contribution is 0.0941. The van der Waals surface area contributed by atoms with Crippen LogP contribution in [-0.4, -0.2) is 47.9 Å². The van der Waals surface area contributed by atoms with Crippen LogP contribution in [0.5, 0.6) is 5.88 Å². The van der Waals surface area contributed by atoms with Crippen molar-refractivity contribution in [3.05, 3.63) is 89.8 Å². The number of nitriles is 1. The number of nitrogens with zero attached hydrogens (tertiary/aromatic N) is 7. The van der Waals surface area contributed by atoms with E-state index in [0.717, 1.165) is 17.2 Å². The van der Waals surface area contributed by atoms with Crippen LogP contribution in [0.15, 0.2) is 61.2 Å². The van der Waals surface area contributed by atoms with Gasteiger partial charge in [0.15, 0.2) is 23.2 Å². The first-order valence-electron chi connectivity index (χ1n) is 11.9. The van der Waals surface area contributed by atoms with E-state index in [0.29, 0.717) is 28.9 Å². The van der Waals surface area contributed by atoms with Crippen molar-refractivity contribution in [1.29, 1.82) is 5.26 Å². The van der Waals surface area contributed by atoms with E-state index in [4.69, 9.17) is 10.00 Å². The van der Waals surface area contributed by atoms with E-state index in [-0.39, 0.29) is 29.5 Å². The Hall–Kier alpha value is -5.77. The number of pyridine rings is 3. The van der Waals surface area contributed by atoms with E-state index in [1.165, 1.54) is 12.4 Å². The molecule has 5 aromatic heterocycles. The molecule has 0 aliphatic rings. The molecule has 0 atom stereocenters. The number of halogens is 1. The molecule has 5 rings (SSSR count). The molecular formula is C27H21FN10O2. The molecule has 5 aromatic rings. The van der Waals surface area contributed by atoms with E-state index >= 15 is 0 Å². The highest BCUT2D eigenvalue weighted by Crippen LogP contribution is 2.22. The number of ether oxygens (including phenoxy) is 1. The Morgan fingerprint density at radius 1 is 1.02 bits per heavy atom. The minimum Gasteiger partial charge on any atom is -0.481 e. The average Bonchev–Trinajstić information content (AvgIpc) is 3.43. The summed E-state index contributed by atoms with van der Waals surface area (Å²) in [7, 11) is 1.54. The second kappa shape index (κ2) is 11.3. The lowest BCUT2D eigenvalue weighted by Gasteiger charge is -2.09. The number of carbonyl (C=O) groups is 1.